The minimum atomic E-state index is -0.281. The number of amides is 1. The topological polar surface area (TPSA) is 32.3 Å². The number of piperazine rings is 1. The Morgan fingerprint density at radius 1 is 1.29 bits per heavy atom. The molecule has 1 amide bonds. The fourth-order valence-electron chi connectivity index (χ4n) is 1.50. The van der Waals surface area contributed by atoms with E-state index in [4.69, 9.17) is 0 Å². The number of carbonyl (C=O) groups is 1. The van der Waals surface area contributed by atoms with Crippen LogP contribution < -0.4 is 10.2 Å². The molecule has 1 heterocycles. The van der Waals surface area contributed by atoms with Crippen molar-refractivity contribution in [1.29, 1.82) is 0 Å². The molecule has 0 atom stereocenters. The van der Waals surface area contributed by atoms with Crippen LogP contribution in [0.5, 0.6) is 0 Å². The summed E-state index contributed by atoms with van der Waals surface area (Å²) in [4.78, 5) is 13.1. The number of nitrogens with one attached hydrogen (secondary N) is 1. The third kappa shape index (κ3) is 1.75. The number of nitrogens with zero attached hydrogens (tertiary/aromatic N) is 1. The molecule has 1 aliphatic heterocycles. The molecule has 1 N–H and O–H groups in total. The van der Waals surface area contributed by atoms with Crippen molar-refractivity contribution in [2.45, 2.75) is 0 Å². The highest BCUT2D eigenvalue weighted by Gasteiger charge is 2.18. The number of halogens is 1. The Morgan fingerprint density at radius 2 is 2.00 bits per heavy atom. The largest absolute Gasteiger partial charge is 0.310 e. The van der Waals surface area contributed by atoms with Crippen LogP contribution in [0.15, 0.2) is 24.3 Å². The molecule has 1 aromatic carbocycles. The second-order valence-electron chi connectivity index (χ2n) is 3.20. The molecule has 1 fully saturated rings. The maximum absolute atomic E-state index is 12.6. The van der Waals surface area contributed by atoms with Gasteiger partial charge in [0.05, 0.1) is 6.54 Å². The van der Waals surface area contributed by atoms with E-state index in [0.717, 1.165) is 12.2 Å². The fraction of sp³-hybridized carbons (Fsp3) is 0.300. The van der Waals surface area contributed by atoms with Crippen LogP contribution in [0.3, 0.4) is 0 Å². The Morgan fingerprint density at radius 3 is 2.64 bits per heavy atom. The van der Waals surface area contributed by atoms with Crippen LogP contribution in [0.1, 0.15) is 0 Å². The Kier molecular flexibility index (Phi) is 2.45. The molecule has 2 rings (SSSR count). The van der Waals surface area contributed by atoms with Crippen LogP contribution >= 0.6 is 0 Å². The minimum absolute atomic E-state index is 0.0304. The second-order valence-corrected chi connectivity index (χ2v) is 3.20. The highest BCUT2D eigenvalue weighted by molar-refractivity contribution is 5.95. The predicted octanol–water partition coefficient (Wildman–Crippen LogP) is 0.762. The average molecular weight is 194 g/mol. The molecule has 0 bridgehead atoms. The summed E-state index contributed by atoms with van der Waals surface area (Å²) in [6.07, 6.45) is 0. The van der Waals surface area contributed by atoms with E-state index in [1.807, 2.05) is 0 Å². The Hall–Kier alpha value is -1.42. The van der Waals surface area contributed by atoms with Gasteiger partial charge in [-0.2, -0.15) is 0 Å². The normalized spacial score (nSPS) is 17.2. The smallest absolute Gasteiger partial charge is 0.240 e. The highest BCUT2D eigenvalue weighted by atomic mass is 19.1. The zero-order valence-electron chi connectivity index (χ0n) is 7.66. The van der Waals surface area contributed by atoms with Crippen molar-refractivity contribution in [3.63, 3.8) is 0 Å². The summed E-state index contributed by atoms with van der Waals surface area (Å²) in [5.41, 5.74) is 0.762. The molecule has 1 aliphatic rings. The van der Waals surface area contributed by atoms with Gasteiger partial charge in [-0.15, -0.1) is 0 Å². The minimum Gasteiger partial charge on any atom is -0.310 e. The molecule has 0 saturated carbocycles. The van der Waals surface area contributed by atoms with E-state index < -0.39 is 0 Å². The molecule has 4 heteroatoms. The number of benzene rings is 1. The Bertz CT molecular complexity index is 336. The summed E-state index contributed by atoms with van der Waals surface area (Å²) in [6, 6.07) is 5.98. The van der Waals surface area contributed by atoms with Crippen molar-refractivity contribution in [1.82, 2.24) is 5.32 Å². The van der Waals surface area contributed by atoms with Gasteiger partial charge >= 0.3 is 0 Å². The first-order valence-electron chi connectivity index (χ1n) is 4.54. The molecule has 0 radical (unpaired) electrons. The lowest BCUT2D eigenvalue weighted by Gasteiger charge is -2.27. The first-order chi connectivity index (χ1) is 6.77. The van der Waals surface area contributed by atoms with Crippen molar-refractivity contribution < 1.29 is 9.18 Å². The van der Waals surface area contributed by atoms with Crippen molar-refractivity contribution >= 4 is 11.6 Å². The molecule has 0 unspecified atom stereocenters. The van der Waals surface area contributed by atoms with Gasteiger partial charge in [-0.1, -0.05) is 0 Å². The molecular formula is C10H11FN2O. The van der Waals surface area contributed by atoms with Crippen LogP contribution in [-0.2, 0) is 4.79 Å². The second kappa shape index (κ2) is 3.75. The molecule has 0 aromatic heterocycles. The quantitative estimate of drug-likeness (QED) is 0.716. The van der Waals surface area contributed by atoms with Crippen molar-refractivity contribution in [2.75, 3.05) is 24.5 Å². The molecule has 1 aromatic rings. The highest BCUT2D eigenvalue weighted by Crippen LogP contribution is 2.15. The standard InChI is InChI=1S/C10H11FN2O/c11-8-1-3-9(4-2-8)13-6-5-12-7-10(13)14/h1-4,12H,5-7H2. The lowest BCUT2D eigenvalue weighted by atomic mass is 10.2. The summed E-state index contributed by atoms with van der Waals surface area (Å²) in [6.45, 7) is 1.78. The van der Waals surface area contributed by atoms with Gasteiger partial charge in [0.2, 0.25) is 5.91 Å². The fourth-order valence-corrected chi connectivity index (χ4v) is 1.50. The predicted molar refractivity (Wildman–Crippen MR) is 51.6 cm³/mol. The van der Waals surface area contributed by atoms with Crippen LogP contribution in [0.2, 0.25) is 0 Å². The number of hydrogen-bond donors (Lipinski definition) is 1. The molecule has 0 aliphatic carbocycles. The van der Waals surface area contributed by atoms with Crippen LogP contribution in [-0.4, -0.2) is 25.5 Å². The third-order valence-corrected chi connectivity index (χ3v) is 2.23. The van der Waals surface area contributed by atoms with Gasteiger partial charge in [-0.25, -0.2) is 4.39 Å². The number of anilines is 1. The first kappa shape index (κ1) is 9.15. The Labute approximate surface area is 81.5 Å². The molecule has 74 valence electrons. The maximum Gasteiger partial charge on any atom is 0.240 e. The maximum atomic E-state index is 12.6. The van der Waals surface area contributed by atoms with E-state index in [2.05, 4.69) is 5.32 Å². The van der Waals surface area contributed by atoms with Crippen molar-refractivity contribution in [3.05, 3.63) is 30.1 Å². The lowest BCUT2D eigenvalue weighted by molar-refractivity contribution is -0.118. The monoisotopic (exact) mass is 194 g/mol. The van der Waals surface area contributed by atoms with E-state index in [9.17, 15) is 9.18 Å². The summed E-state index contributed by atoms with van der Waals surface area (Å²) < 4.78 is 12.6. The van der Waals surface area contributed by atoms with Gasteiger partial charge in [-0.3, -0.25) is 4.79 Å². The van der Waals surface area contributed by atoms with E-state index in [1.165, 1.54) is 12.1 Å². The molecular weight excluding hydrogens is 183 g/mol. The lowest BCUT2D eigenvalue weighted by Crippen LogP contribution is -2.48. The molecule has 1 saturated heterocycles. The van der Waals surface area contributed by atoms with Crippen LogP contribution in [0.25, 0.3) is 0 Å². The zero-order valence-corrected chi connectivity index (χ0v) is 7.66. The SMILES string of the molecule is O=C1CNCCN1c1ccc(F)cc1. The van der Waals surface area contributed by atoms with Gasteiger partial charge in [0, 0.05) is 18.8 Å². The average Bonchev–Trinajstić information content (AvgIpc) is 2.20. The van der Waals surface area contributed by atoms with Gasteiger partial charge in [0.15, 0.2) is 0 Å². The van der Waals surface area contributed by atoms with Crippen molar-refractivity contribution in [3.8, 4) is 0 Å². The number of hydrogen-bond acceptors (Lipinski definition) is 2. The Balaban J connectivity index is 2.20. The van der Waals surface area contributed by atoms with Crippen molar-refractivity contribution in [2.24, 2.45) is 0 Å². The number of rotatable bonds is 1. The summed E-state index contributed by atoms with van der Waals surface area (Å²) in [5, 5.41) is 2.98. The molecule has 14 heavy (non-hydrogen) atoms. The van der Waals surface area contributed by atoms with E-state index in [0.29, 0.717) is 13.1 Å². The number of carbonyl (C=O) groups excluding carboxylic acids is 1. The van der Waals surface area contributed by atoms with Gasteiger partial charge < -0.3 is 10.2 Å². The summed E-state index contributed by atoms with van der Waals surface area (Å²) >= 11 is 0. The van der Waals surface area contributed by atoms with E-state index in [1.54, 1.807) is 17.0 Å². The summed E-state index contributed by atoms with van der Waals surface area (Å²) in [7, 11) is 0. The summed E-state index contributed by atoms with van der Waals surface area (Å²) in [5.74, 6) is -0.251. The van der Waals surface area contributed by atoms with Gasteiger partial charge in [0.25, 0.3) is 0 Å². The molecule has 3 nitrogen and oxygen atoms in total. The van der Waals surface area contributed by atoms with E-state index in [-0.39, 0.29) is 11.7 Å². The third-order valence-electron chi connectivity index (χ3n) is 2.23. The van der Waals surface area contributed by atoms with Crippen LogP contribution in [0.4, 0.5) is 10.1 Å². The first-order valence-corrected chi connectivity index (χ1v) is 4.54. The van der Waals surface area contributed by atoms with Crippen LogP contribution in [0, 0.1) is 5.82 Å². The van der Waals surface area contributed by atoms with E-state index >= 15 is 0 Å². The zero-order chi connectivity index (χ0) is 9.97. The van der Waals surface area contributed by atoms with Gasteiger partial charge in [-0.05, 0) is 24.3 Å². The molecule has 0 spiro atoms. The van der Waals surface area contributed by atoms with Gasteiger partial charge in [0.1, 0.15) is 5.82 Å².